The quantitative estimate of drug-likeness (QED) is 0.320. The Morgan fingerprint density at radius 3 is 2.50 bits per heavy atom. The first kappa shape index (κ1) is 21.4. The first-order valence-electron chi connectivity index (χ1n) is 9.65. The number of hydrogen-bond donors (Lipinski definition) is 1. The molecule has 164 valence electrons. The van der Waals surface area contributed by atoms with Crippen LogP contribution in [0.5, 0.6) is 0 Å². The van der Waals surface area contributed by atoms with E-state index < -0.39 is 21.1 Å². The standard InChI is InChI=1S/C21H19N5O5S/c27-18(14-24-21-12-5-4-11-20(21)22-23-24)15-25(16-7-6-8-17(13-16)26(28)29)32(30,31)19-9-2-1-3-10-19/h1-13,18,27H,14-15H2/t18-/m1/s1. The highest BCUT2D eigenvalue weighted by Crippen LogP contribution is 2.27. The Hall–Kier alpha value is -3.83. The van der Waals surface area contributed by atoms with Crippen molar-refractivity contribution in [3.8, 4) is 0 Å². The predicted octanol–water partition coefficient (Wildman–Crippen LogP) is 2.60. The van der Waals surface area contributed by atoms with Gasteiger partial charge in [-0.25, -0.2) is 13.1 Å². The number of nitro benzene ring substituents is 1. The number of anilines is 1. The van der Waals surface area contributed by atoms with Crippen LogP contribution in [0.4, 0.5) is 11.4 Å². The highest BCUT2D eigenvalue weighted by atomic mass is 32.2. The van der Waals surface area contributed by atoms with E-state index in [1.165, 1.54) is 35.0 Å². The maximum Gasteiger partial charge on any atom is 0.271 e. The van der Waals surface area contributed by atoms with Crippen LogP contribution in [0.1, 0.15) is 0 Å². The molecule has 0 fully saturated rings. The van der Waals surface area contributed by atoms with E-state index in [4.69, 9.17) is 0 Å². The molecule has 1 aromatic heterocycles. The molecule has 0 amide bonds. The van der Waals surface area contributed by atoms with Gasteiger partial charge in [0.1, 0.15) is 5.52 Å². The van der Waals surface area contributed by atoms with Gasteiger partial charge in [0.15, 0.2) is 0 Å². The zero-order valence-corrected chi connectivity index (χ0v) is 17.5. The molecule has 1 atom stereocenters. The Kier molecular flexibility index (Phi) is 5.84. The van der Waals surface area contributed by atoms with Crippen LogP contribution in [0.2, 0.25) is 0 Å². The Labute approximate surface area is 183 Å². The third-order valence-corrected chi connectivity index (χ3v) is 6.65. The van der Waals surface area contributed by atoms with Crippen LogP contribution in [0.25, 0.3) is 11.0 Å². The monoisotopic (exact) mass is 453 g/mol. The van der Waals surface area contributed by atoms with E-state index >= 15 is 0 Å². The van der Waals surface area contributed by atoms with Gasteiger partial charge in [-0.05, 0) is 30.3 Å². The molecule has 1 heterocycles. The lowest BCUT2D eigenvalue weighted by molar-refractivity contribution is -0.384. The zero-order valence-electron chi connectivity index (χ0n) is 16.7. The number of benzene rings is 3. The van der Waals surface area contributed by atoms with Crippen LogP contribution < -0.4 is 4.31 Å². The number of aromatic nitrogens is 3. The summed E-state index contributed by atoms with van der Waals surface area (Å²) in [4.78, 5) is 10.6. The van der Waals surface area contributed by atoms with E-state index in [9.17, 15) is 23.6 Å². The molecule has 3 aromatic carbocycles. The second-order valence-electron chi connectivity index (χ2n) is 7.04. The van der Waals surface area contributed by atoms with E-state index in [1.807, 2.05) is 12.1 Å². The number of fused-ring (bicyclic) bond motifs is 1. The summed E-state index contributed by atoms with van der Waals surface area (Å²) < 4.78 is 29.2. The number of hydrogen-bond acceptors (Lipinski definition) is 7. The van der Waals surface area contributed by atoms with Crippen molar-refractivity contribution in [1.29, 1.82) is 0 Å². The number of nitrogens with zero attached hydrogens (tertiary/aromatic N) is 5. The molecule has 11 heteroatoms. The van der Waals surface area contributed by atoms with Crippen molar-refractivity contribution < 1.29 is 18.4 Å². The number of sulfonamides is 1. The topological polar surface area (TPSA) is 131 Å². The molecular formula is C21H19N5O5S. The fraction of sp³-hybridized carbons (Fsp3) is 0.143. The van der Waals surface area contributed by atoms with E-state index in [-0.39, 0.29) is 29.4 Å². The first-order chi connectivity index (χ1) is 15.4. The lowest BCUT2D eigenvalue weighted by Gasteiger charge is -2.26. The Morgan fingerprint density at radius 2 is 1.75 bits per heavy atom. The second-order valence-corrected chi connectivity index (χ2v) is 8.90. The summed E-state index contributed by atoms with van der Waals surface area (Å²) in [6, 6.07) is 20.2. The van der Waals surface area contributed by atoms with E-state index in [1.54, 1.807) is 30.3 Å². The molecule has 0 unspecified atom stereocenters. The number of aliphatic hydroxyl groups excluding tert-OH is 1. The lowest BCUT2D eigenvalue weighted by Crippen LogP contribution is -2.39. The van der Waals surface area contributed by atoms with Crippen molar-refractivity contribution in [2.75, 3.05) is 10.8 Å². The normalized spacial score (nSPS) is 12.5. The molecule has 4 aromatic rings. The second kappa shape index (κ2) is 8.73. The van der Waals surface area contributed by atoms with Crippen molar-refractivity contribution in [2.45, 2.75) is 17.5 Å². The van der Waals surface area contributed by atoms with Gasteiger partial charge < -0.3 is 5.11 Å². The van der Waals surface area contributed by atoms with Crippen molar-refractivity contribution in [3.05, 3.63) is 89.0 Å². The molecular weight excluding hydrogens is 434 g/mol. The minimum Gasteiger partial charge on any atom is -0.389 e. The van der Waals surface area contributed by atoms with E-state index in [0.29, 0.717) is 11.0 Å². The molecule has 4 rings (SSSR count). The van der Waals surface area contributed by atoms with Crippen LogP contribution in [0.15, 0.2) is 83.8 Å². The van der Waals surface area contributed by atoms with Gasteiger partial charge in [-0.3, -0.25) is 14.4 Å². The summed E-state index contributed by atoms with van der Waals surface area (Å²) in [5, 5.41) is 30.0. The average Bonchev–Trinajstić information content (AvgIpc) is 3.21. The molecule has 0 bridgehead atoms. The molecule has 1 N–H and O–H groups in total. The van der Waals surface area contributed by atoms with Crippen LogP contribution in [0, 0.1) is 10.1 Å². The van der Waals surface area contributed by atoms with Crippen molar-refractivity contribution in [1.82, 2.24) is 15.0 Å². The molecule has 10 nitrogen and oxygen atoms in total. The average molecular weight is 453 g/mol. The molecule has 0 radical (unpaired) electrons. The fourth-order valence-electron chi connectivity index (χ4n) is 3.32. The first-order valence-corrected chi connectivity index (χ1v) is 11.1. The molecule has 0 aliphatic heterocycles. The molecule has 0 aliphatic rings. The van der Waals surface area contributed by atoms with Gasteiger partial charge in [-0.15, -0.1) is 5.10 Å². The van der Waals surface area contributed by atoms with Gasteiger partial charge in [0, 0.05) is 12.1 Å². The van der Waals surface area contributed by atoms with Gasteiger partial charge in [0.25, 0.3) is 15.7 Å². The summed E-state index contributed by atoms with van der Waals surface area (Å²) in [6.45, 7) is -0.358. The van der Waals surface area contributed by atoms with Crippen LogP contribution in [-0.2, 0) is 16.6 Å². The zero-order chi connectivity index (χ0) is 22.7. The predicted molar refractivity (Wildman–Crippen MR) is 118 cm³/mol. The number of rotatable bonds is 8. The van der Waals surface area contributed by atoms with Gasteiger partial charge in [0.05, 0.1) is 40.2 Å². The van der Waals surface area contributed by atoms with Crippen molar-refractivity contribution >= 4 is 32.4 Å². The summed E-state index contributed by atoms with van der Waals surface area (Å²) in [5.74, 6) is 0. The number of non-ortho nitro benzene ring substituents is 1. The molecule has 0 spiro atoms. The van der Waals surface area contributed by atoms with E-state index in [0.717, 1.165) is 10.4 Å². The number of aliphatic hydroxyl groups is 1. The highest BCUT2D eigenvalue weighted by molar-refractivity contribution is 7.92. The number of para-hydroxylation sites is 1. The molecule has 0 saturated heterocycles. The van der Waals surface area contributed by atoms with Crippen molar-refractivity contribution in [3.63, 3.8) is 0 Å². The fourth-order valence-corrected chi connectivity index (χ4v) is 4.84. The van der Waals surface area contributed by atoms with E-state index in [2.05, 4.69) is 10.3 Å². The molecule has 32 heavy (non-hydrogen) atoms. The van der Waals surface area contributed by atoms with Crippen LogP contribution in [-0.4, -0.2) is 46.1 Å². The molecule has 0 saturated carbocycles. The van der Waals surface area contributed by atoms with Gasteiger partial charge in [-0.2, -0.15) is 0 Å². The summed E-state index contributed by atoms with van der Waals surface area (Å²) in [6.07, 6.45) is -1.17. The Balaban J connectivity index is 1.69. The van der Waals surface area contributed by atoms with Gasteiger partial charge >= 0.3 is 0 Å². The SMILES string of the molecule is O=[N+]([O-])c1cccc(N(C[C@H](O)Cn2nnc3ccccc32)S(=O)(=O)c2ccccc2)c1. The van der Waals surface area contributed by atoms with Gasteiger partial charge in [0.2, 0.25) is 0 Å². The highest BCUT2D eigenvalue weighted by Gasteiger charge is 2.28. The smallest absolute Gasteiger partial charge is 0.271 e. The summed E-state index contributed by atoms with van der Waals surface area (Å²) in [7, 11) is -4.11. The third-order valence-electron chi connectivity index (χ3n) is 4.84. The number of nitro groups is 1. The Bertz CT molecular complexity index is 1360. The minimum absolute atomic E-state index is 0.00455. The van der Waals surface area contributed by atoms with Crippen LogP contribution >= 0.6 is 0 Å². The largest absolute Gasteiger partial charge is 0.389 e. The van der Waals surface area contributed by atoms with Crippen molar-refractivity contribution in [2.24, 2.45) is 0 Å². The minimum atomic E-state index is -4.11. The lowest BCUT2D eigenvalue weighted by atomic mass is 10.2. The maximum absolute atomic E-state index is 13.4. The summed E-state index contributed by atoms with van der Waals surface area (Å²) in [5.41, 5.74) is 1.16. The molecule has 0 aliphatic carbocycles. The maximum atomic E-state index is 13.4. The third kappa shape index (κ3) is 4.29. The van der Waals surface area contributed by atoms with Gasteiger partial charge in [-0.1, -0.05) is 41.6 Å². The Morgan fingerprint density at radius 1 is 1.03 bits per heavy atom. The summed E-state index contributed by atoms with van der Waals surface area (Å²) >= 11 is 0. The van der Waals surface area contributed by atoms with Crippen LogP contribution in [0.3, 0.4) is 0 Å².